The molecule has 6 heteroatoms. The van der Waals surface area contributed by atoms with Crippen LogP contribution in [0.25, 0.3) is 0 Å². The molecule has 0 aliphatic rings. The maximum Gasteiger partial charge on any atom is 0.292 e. The molecule has 0 saturated carbocycles. The van der Waals surface area contributed by atoms with Crippen molar-refractivity contribution in [3.05, 3.63) is 53.1 Å². The van der Waals surface area contributed by atoms with Gasteiger partial charge in [-0.05, 0) is 12.5 Å². The minimum Gasteiger partial charge on any atom is -0.369 e. The van der Waals surface area contributed by atoms with Crippen molar-refractivity contribution in [1.29, 1.82) is 0 Å². The molecule has 0 amide bonds. The summed E-state index contributed by atoms with van der Waals surface area (Å²) in [6.07, 6.45) is 6.32. The van der Waals surface area contributed by atoms with Crippen LogP contribution >= 0.6 is 0 Å². The second-order valence-electron chi connectivity index (χ2n) is 4.32. The predicted molar refractivity (Wildman–Crippen MR) is 73.2 cm³/mol. The van der Waals surface area contributed by atoms with Gasteiger partial charge in [-0.15, -0.1) is 0 Å². The van der Waals surface area contributed by atoms with Crippen molar-refractivity contribution in [2.45, 2.75) is 13.0 Å². The van der Waals surface area contributed by atoms with Gasteiger partial charge in [-0.25, -0.2) is 4.98 Å². The molecule has 1 heterocycles. The molecule has 0 fully saturated rings. The smallest absolute Gasteiger partial charge is 0.292 e. The van der Waals surface area contributed by atoms with Gasteiger partial charge in [0.25, 0.3) is 5.69 Å². The lowest BCUT2D eigenvalue weighted by molar-refractivity contribution is -0.384. The zero-order valence-corrected chi connectivity index (χ0v) is 10.8. The Kier molecular flexibility index (Phi) is 4.12. The van der Waals surface area contributed by atoms with Crippen molar-refractivity contribution in [3.8, 4) is 0 Å². The van der Waals surface area contributed by atoms with Crippen LogP contribution in [-0.2, 0) is 6.54 Å². The highest BCUT2D eigenvalue weighted by Gasteiger charge is 2.15. The molecule has 0 atom stereocenters. The van der Waals surface area contributed by atoms with Crippen molar-refractivity contribution < 1.29 is 4.92 Å². The molecular weight excluding hydrogens is 244 g/mol. The van der Waals surface area contributed by atoms with Gasteiger partial charge in [0, 0.05) is 38.6 Å². The Bertz CT molecular complexity index is 539. The van der Waals surface area contributed by atoms with E-state index in [9.17, 15) is 10.1 Å². The number of aromatic nitrogens is 2. The fourth-order valence-corrected chi connectivity index (χ4v) is 1.97. The summed E-state index contributed by atoms with van der Waals surface area (Å²) in [5.74, 6) is 0. The minimum atomic E-state index is -0.346. The zero-order valence-electron chi connectivity index (χ0n) is 10.8. The van der Waals surface area contributed by atoms with Gasteiger partial charge in [0.2, 0.25) is 0 Å². The molecule has 100 valence electrons. The molecule has 19 heavy (non-hydrogen) atoms. The Morgan fingerprint density at radius 1 is 1.42 bits per heavy atom. The molecule has 2 aromatic rings. The minimum absolute atomic E-state index is 0.146. The fraction of sp³-hybridized carbons (Fsp3) is 0.308. The van der Waals surface area contributed by atoms with E-state index < -0.39 is 0 Å². The average Bonchev–Trinajstić information content (AvgIpc) is 2.91. The summed E-state index contributed by atoms with van der Waals surface area (Å²) in [7, 11) is 1.87. The largest absolute Gasteiger partial charge is 0.369 e. The third kappa shape index (κ3) is 3.31. The number of hydrogen-bond donors (Lipinski definition) is 0. The van der Waals surface area contributed by atoms with Crippen molar-refractivity contribution in [2.24, 2.45) is 0 Å². The van der Waals surface area contributed by atoms with Crippen LogP contribution in [0.5, 0.6) is 0 Å². The van der Waals surface area contributed by atoms with E-state index in [2.05, 4.69) is 4.98 Å². The number of nitro groups is 1. The number of hydrogen-bond acceptors (Lipinski definition) is 4. The summed E-state index contributed by atoms with van der Waals surface area (Å²) in [5.41, 5.74) is 0.797. The molecule has 0 aliphatic heterocycles. The predicted octanol–water partition coefficient (Wildman–Crippen LogP) is 2.32. The SMILES string of the molecule is CN(CCCn1ccnc1)c1ccccc1[N+](=O)[O-]. The first-order chi connectivity index (χ1) is 9.18. The van der Waals surface area contributed by atoms with Gasteiger partial charge >= 0.3 is 0 Å². The van der Waals surface area contributed by atoms with Gasteiger partial charge < -0.3 is 9.47 Å². The maximum absolute atomic E-state index is 11.0. The van der Waals surface area contributed by atoms with Crippen LogP contribution in [-0.4, -0.2) is 28.1 Å². The number of benzene rings is 1. The number of rotatable bonds is 6. The number of aryl methyl sites for hydroxylation is 1. The van der Waals surface area contributed by atoms with Crippen LogP contribution in [0.2, 0.25) is 0 Å². The fourth-order valence-electron chi connectivity index (χ4n) is 1.97. The van der Waals surface area contributed by atoms with E-state index in [1.165, 1.54) is 6.07 Å². The van der Waals surface area contributed by atoms with E-state index in [1.54, 1.807) is 24.7 Å². The molecule has 1 aromatic heterocycles. The van der Waals surface area contributed by atoms with E-state index in [1.807, 2.05) is 28.8 Å². The van der Waals surface area contributed by atoms with E-state index in [0.717, 1.165) is 19.5 Å². The number of nitrogens with zero attached hydrogens (tertiary/aromatic N) is 4. The normalized spacial score (nSPS) is 10.4. The van der Waals surface area contributed by atoms with Crippen LogP contribution < -0.4 is 4.90 Å². The lowest BCUT2D eigenvalue weighted by Crippen LogP contribution is -2.20. The third-order valence-electron chi connectivity index (χ3n) is 2.96. The summed E-state index contributed by atoms with van der Waals surface area (Å²) in [6.45, 7) is 1.61. The van der Waals surface area contributed by atoms with Gasteiger partial charge in [0.1, 0.15) is 5.69 Å². The van der Waals surface area contributed by atoms with Gasteiger partial charge in [0.15, 0.2) is 0 Å². The van der Waals surface area contributed by atoms with Crippen molar-refractivity contribution in [2.75, 3.05) is 18.5 Å². The molecule has 1 aromatic carbocycles. The monoisotopic (exact) mass is 260 g/mol. The lowest BCUT2D eigenvalue weighted by atomic mass is 10.2. The Labute approximate surface area is 111 Å². The van der Waals surface area contributed by atoms with Crippen LogP contribution in [0, 0.1) is 10.1 Å². The molecule has 0 aliphatic carbocycles. The second-order valence-corrected chi connectivity index (χ2v) is 4.32. The average molecular weight is 260 g/mol. The molecule has 6 nitrogen and oxygen atoms in total. The molecule has 0 unspecified atom stereocenters. The highest BCUT2D eigenvalue weighted by Crippen LogP contribution is 2.26. The zero-order chi connectivity index (χ0) is 13.7. The van der Waals surface area contributed by atoms with E-state index in [4.69, 9.17) is 0 Å². The summed E-state index contributed by atoms with van der Waals surface area (Å²) in [4.78, 5) is 16.5. The molecule has 0 spiro atoms. The first-order valence-corrected chi connectivity index (χ1v) is 6.09. The quantitative estimate of drug-likeness (QED) is 0.590. The molecule has 0 N–H and O–H groups in total. The van der Waals surface area contributed by atoms with Crippen LogP contribution in [0.4, 0.5) is 11.4 Å². The van der Waals surface area contributed by atoms with Crippen LogP contribution in [0.1, 0.15) is 6.42 Å². The number of para-hydroxylation sites is 2. The van der Waals surface area contributed by atoms with Crippen molar-refractivity contribution in [3.63, 3.8) is 0 Å². The third-order valence-corrected chi connectivity index (χ3v) is 2.96. The van der Waals surface area contributed by atoms with Crippen molar-refractivity contribution >= 4 is 11.4 Å². The van der Waals surface area contributed by atoms with Gasteiger partial charge in [-0.2, -0.15) is 0 Å². The number of nitro benzene ring substituents is 1. The first kappa shape index (κ1) is 13.1. The Morgan fingerprint density at radius 2 is 2.21 bits per heavy atom. The van der Waals surface area contributed by atoms with Gasteiger partial charge in [-0.1, -0.05) is 12.1 Å². The standard InChI is InChI=1S/C13H16N4O2/c1-15(8-4-9-16-10-7-14-11-16)12-5-2-3-6-13(12)17(18)19/h2-3,5-7,10-11H,4,8-9H2,1H3. The summed E-state index contributed by atoms with van der Waals surface area (Å²) in [6, 6.07) is 6.80. The summed E-state index contributed by atoms with van der Waals surface area (Å²) in [5, 5.41) is 11.0. The topological polar surface area (TPSA) is 64.2 Å². The highest BCUT2D eigenvalue weighted by atomic mass is 16.6. The van der Waals surface area contributed by atoms with Gasteiger partial charge in [-0.3, -0.25) is 10.1 Å². The Hall–Kier alpha value is -2.37. The molecule has 2 rings (SSSR count). The maximum atomic E-state index is 11.0. The number of anilines is 1. The van der Waals surface area contributed by atoms with E-state index in [0.29, 0.717) is 5.69 Å². The molecule has 0 radical (unpaired) electrons. The molecular formula is C13H16N4O2. The van der Waals surface area contributed by atoms with Gasteiger partial charge in [0.05, 0.1) is 11.3 Å². The van der Waals surface area contributed by atoms with E-state index >= 15 is 0 Å². The molecule has 0 saturated heterocycles. The van der Waals surface area contributed by atoms with Crippen LogP contribution in [0.15, 0.2) is 43.0 Å². The first-order valence-electron chi connectivity index (χ1n) is 6.09. The second kappa shape index (κ2) is 5.99. The van der Waals surface area contributed by atoms with Crippen molar-refractivity contribution in [1.82, 2.24) is 9.55 Å². The summed E-state index contributed by atoms with van der Waals surface area (Å²) >= 11 is 0. The van der Waals surface area contributed by atoms with Crippen LogP contribution in [0.3, 0.4) is 0 Å². The Balaban J connectivity index is 1.96. The lowest BCUT2D eigenvalue weighted by Gasteiger charge is -2.19. The highest BCUT2D eigenvalue weighted by molar-refractivity contribution is 5.62. The summed E-state index contributed by atoms with van der Waals surface area (Å²) < 4.78 is 1.99. The van der Waals surface area contributed by atoms with E-state index in [-0.39, 0.29) is 10.6 Å². The molecule has 0 bridgehead atoms. The Morgan fingerprint density at radius 3 is 2.89 bits per heavy atom. The number of imidazole rings is 1.